The molecule has 2 heteroatoms. The molecular weight excluding hydrogens is 174 g/mol. The van der Waals surface area contributed by atoms with E-state index < -0.39 is 0 Å². The fourth-order valence-corrected chi connectivity index (χ4v) is 2.52. The van der Waals surface area contributed by atoms with Gasteiger partial charge in [-0.25, -0.2) is 0 Å². The Balaban J connectivity index is 2.41. The second kappa shape index (κ2) is 6.41. The van der Waals surface area contributed by atoms with Gasteiger partial charge in [-0.05, 0) is 38.6 Å². The second-order valence-electron chi connectivity index (χ2n) is 4.49. The summed E-state index contributed by atoms with van der Waals surface area (Å²) < 4.78 is 5.84. The van der Waals surface area contributed by atoms with Gasteiger partial charge < -0.3 is 10.1 Å². The third kappa shape index (κ3) is 3.25. The van der Waals surface area contributed by atoms with E-state index in [1.165, 1.54) is 32.1 Å². The van der Waals surface area contributed by atoms with Gasteiger partial charge in [-0.1, -0.05) is 20.3 Å². The standard InChI is InChI=1S/C12H25NO/c1-4-7-10(2)12(13-3)11-8-5-6-9-14-11/h10-13H,4-9H2,1-3H3. The molecule has 0 spiro atoms. The Morgan fingerprint density at radius 2 is 2.21 bits per heavy atom. The third-order valence-electron chi connectivity index (χ3n) is 3.31. The molecule has 1 rings (SSSR count). The van der Waals surface area contributed by atoms with Crippen molar-refractivity contribution in [1.29, 1.82) is 0 Å². The zero-order chi connectivity index (χ0) is 10.4. The largest absolute Gasteiger partial charge is 0.377 e. The van der Waals surface area contributed by atoms with Crippen LogP contribution in [-0.4, -0.2) is 25.8 Å². The van der Waals surface area contributed by atoms with Crippen molar-refractivity contribution in [3.8, 4) is 0 Å². The summed E-state index contributed by atoms with van der Waals surface area (Å²) in [6.07, 6.45) is 6.84. The highest BCUT2D eigenvalue weighted by Gasteiger charge is 2.27. The van der Waals surface area contributed by atoms with Crippen molar-refractivity contribution in [2.24, 2.45) is 5.92 Å². The van der Waals surface area contributed by atoms with Crippen LogP contribution in [0.4, 0.5) is 0 Å². The van der Waals surface area contributed by atoms with E-state index >= 15 is 0 Å². The summed E-state index contributed by atoms with van der Waals surface area (Å²) in [5.74, 6) is 0.730. The van der Waals surface area contributed by atoms with Crippen molar-refractivity contribution < 1.29 is 4.74 Å². The first-order chi connectivity index (χ1) is 6.79. The highest BCUT2D eigenvalue weighted by Crippen LogP contribution is 2.22. The van der Waals surface area contributed by atoms with Crippen molar-refractivity contribution in [3.63, 3.8) is 0 Å². The van der Waals surface area contributed by atoms with Crippen LogP contribution in [0, 0.1) is 5.92 Å². The lowest BCUT2D eigenvalue weighted by Crippen LogP contribution is -2.45. The van der Waals surface area contributed by atoms with E-state index in [2.05, 4.69) is 26.2 Å². The molecule has 1 fully saturated rings. The molecule has 0 aromatic rings. The van der Waals surface area contributed by atoms with Crippen LogP contribution in [0.25, 0.3) is 0 Å². The van der Waals surface area contributed by atoms with Crippen LogP contribution in [0.1, 0.15) is 46.0 Å². The molecule has 3 unspecified atom stereocenters. The van der Waals surface area contributed by atoms with E-state index in [1.54, 1.807) is 0 Å². The number of rotatable bonds is 5. The topological polar surface area (TPSA) is 21.3 Å². The summed E-state index contributed by atoms with van der Waals surface area (Å²) in [7, 11) is 2.06. The minimum Gasteiger partial charge on any atom is -0.377 e. The molecule has 0 aromatic heterocycles. The molecule has 0 saturated carbocycles. The smallest absolute Gasteiger partial charge is 0.0730 e. The van der Waals surface area contributed by atoms with Crippen molar-refractivity contribution in [2.45, 2.75) is 58.1 Å². The van der Waals surface area contributed by atoms with Gasteiger partial charge in [0, 0.05) is 12.6 Å². The molecule has 0 aliphatic carbocycles. The van der Waals surface area contributed by atoms with Gasteiger partial charge in [0.25, 0.3) is 0 Å². The van der Waals surface area contributed by atoms with Gasteiger partial charge in [0.1, 0.15) is 0 Å². The lowest BCUT2D eigenvalue weighted by molar-refractivity contribution is -0.0184. The van der Waals surface area contributed by atoms with Gasteiger partial charge >= 0.3 is 0 Å². The van der Waals surface area contributed by atoms with Crippen LogP contribution in [-0.2, 0) is 4.74 Å². The molecule has 14 heavy (non-hydrogen) atoms. The zero-order valence-corrected chi connectivity index (χ0v) is 9.88. The molecule has 1 saturated heterocycles. The SMILES string of the molecule is CCCC(C)C(NC)C1CCCCO1. The molecular formula is C12H25NO. The average Bonchev–Trinajstić information content (AvgIpc) is 2.21. The molecule has 1 aliphatic rings. The number of hydrogen-bond donors (Lipinski definition) is 1. The Bertz CT molecular complexity index is 143. The van der Waals surface area contributed by atoms with Crippen molar-refractivity contribution in [3.05, 3.63) is 0 Å². The number of likely N-dealkylation sites (N-methyl/N-ethyl adjacent to an activating group) is 1. The van der Waals surface area contributed by atoms with Crippen molar-refractivity contribution >= 4 is 0 Å². The molecule has 2 nitrogen and oxygen atoms in total. The van der Waals surface area contributed by atoms with E-state index in [0.717, 1.165) is 12.5 Å². The maximum absolute atomic E-state index is 5.84. The maximum Gasteiger partial charge on any atom is 0.0730 e. The normalized spacial score (nSPS) is 27.2. The van der Waals surface area contributed by atoms with Crippen molar-refractivity contribution in [2.75, 3.05) is 13.7 Å². The Morgan fingerprint density at radius 1 is 1.43 bits per heavy atom. The van der Waals surface area contributed by atoms with Gasteiger partial charge in [0.2, 0.25) is 0 Å². The van der Waals surface area contributed by atoms with Crippen LogP contribution in [0.15, 0.2) is 0 Å². The summed E-state index contributed by atoms with van der Waals surface area (Å²) in [4.78, 5) is 0. The predicted molar refractivity (Wildman–Crippen MR) is 60.5 cm³/mol. The van der Waals surface area contributed by atoms with E-state index in [-0.39, 0.29) is 0 Å². The lowest BCUT2D eigenvalue weighted by atomic mass is 9.89. The van der Waals surface area contributed by atoms with Crippen LogP contribution in [0.2, 0.25) is 0 Å². The summed E-state index contributed by atoms with van der Waals surface area (Å²) in [5, 5.41) is 3.43. The van der Waals surface area contributed by atoms with Gasteiger partial charge in [0.15, 0.2) is 0 Å². The first kappa shape index (κ1) is 12.0. The molecule has 0 aromatic carbocycles. The summed E-state index contributed by atoms with van der Waals surface area (Å²) >= 11 is 0. The Morgan fingerprint density at radius 3 is 2.71 bits per heavy atom. The molecule has 0 bridgehead atoms. The Kier molecular flexibility index (Phi) is 5.49. The average molecular weight is 199 g/mol. The van der Waals surface area contributed by atoms with Gasteiger partial charge in [-0.15, -0.1) is 0 Å². The van der Waals surface area contributed by atoms with Gasteiger partial charge in [-0.3, -0.25) is 0 Å². The summed E-state index contributed by atoms with van der Waals surface area (Å²) in [5.41, 5.74) is 0. The fraction of sp³-hybridized carbons (Fsp3) is 1.00. The fourth-order valence-electron chi connectivity index (χ4n) is 2.52. The van der Waals surface area contributed by atoms with E-state index in [4.69, 9.17) is 4.74 Å². The molecule has 1 heterocycles. The van der Waals surface area contributed by atoms with Crippen molar-refractivity contribution in [1.82, 2.24) is 5.32 Å². The van der Waals surface area contributed by atoms with Crippen LogP contribution >= 0.6 is 0 Å². The monoisotopic (exact) mass is 199 g/mol. The van der Waals surface area contributed by atoms with Crippen LogP contribution in [0.5, 0.6) is 0 Å². The first-order valence-corrected chi connectivity index (χ1v) is 6.08. The highest BCUT2D eigenvalue weighted by atomic mass is 16.5. The third-order valence-corrected chi connectivity index (χ3v) is 3.31. The molecule has 0 radical (unpaired) electrons. The number of hydrogen-bond acceptors (Lipinski definition) is 2. The second-order valence-corrected chi connectivity index (χ2v) is 4.49. The molecule has 84 valence electrons. The minimum absolute atomic E-state index is 0.454. The Labute approximate surface area is 88.4 Å². The highest BCUT2D eigenvalue weighted by molar-refractivity contribution is 4.82. The Hall–Kier alpha value is -0.0800. The first-order valence-electron chi connectivity index (χ1n) is 6.08. The lowest BCUT2D eigenvalue weighted by Gasteiger charge is -2.34. The minimum atomic E-state index is 0.454. The quantitative estimate of drug-likeness (QED) is 0.735. The van der Waals surface area contributed by atoms with Crippen LogP contribution < -0.4 is 5.32 Å². The number of nitrogens with one attached hydrogen (secondary N) is 1. The molecule has 1 aliphatic heterocycles. The molecule has 3 atom stereocenters. The zero-order valence-electron chi connectivity index (χ0n) is 9.88. The van der Waals surface area contributed by atoms with Gasteiger partial charge in [-0.2, -0.15) is 0 Å². The summed E-state index contributed by atoms with van der Waals surface area (Å²) in [6, 6.07) is 0.551. The molecule has 0 amide bonds. The van der Waals surface area contributed by atoms with E-state index in [0.29, 0.717) is 12.1 Å². The molecule has 1 N–H and O–H groups in total. The van der Waals surface area contributed by atoms with Crippen LogP contribution in [0.3, 0.4) is 0 Å². The maximum atomic E-state index is 5.84. The number of ether oxygens (including phenoxy) is 1. The van der Waals surface area contributed by atoms with E-state index in [9.17, 15) is 0 Å². The summed E-state index contributed by atoms with van der Waals surface area (Å²) in [6.45, 7) is 5.55. The van der Waals surface area contributed by atoms with E-state index in [1.807, 2.05) is 0 Å². The van der Waals surface area contributed by atoms with Gasteiger partial charge in [0.05, 0.1) is 6.10 Å². The predicted octanol–water partition coefficient (Wildman–Crippen LogP) is 2.58.